The molecule has 7 nitrogen and oxygen atoms in total. The zero-order valence-electron chi connectivity index (χ0n) is 13.6. The van der Waals surface area contributed by atoms with Crippen molar-refractivity contribution in [2.45, 2.75) is 38.0 Å². The van der Waals surface area contributed by atoms with Crippen LogP contribution in [-0.2, 0) is 11.3 Å². The maximum Gasteiger partial charge on any atom is 0.287 e. The first kappa shape index (κ1) is 17.7. The zero-order valence-corrected chi connectivity index (χ0v) is 14.4. The average molecular weight is 340 g/mol. The molecule has 1 unspecified atom stereocenters. The van der Waals surface area contributed by atoms with Crippen molar-refractivity contribution in [3.05, 3.63) is 45.3 Å². The topological polar surface area (TPSA) is 106 Å². The van der Waals surface area contributed by atoms with Crippen LogP contribution in [-0.4, -0.2) is 23.8 Å². The molecule has 8 heteroatoms. The molecule has 0 aliphatic carbocycles. The number of nitrogens with zero attached hydrogens (tertiary/aromatic N) is 1. The summed E-state index contributed by atoms with van der Waals surface area (Å²) in [4.78, 5) is 10.5. The highest BCUT2D eigenvalue weighted by Crippen LogP contribution is 2.25. The van der Waals surface area contributed by atoms with Crippen molar-refractivity contribution >= 4 is 11.8 Å². The third-order valence-corrected chi connectivity index (χ3v) is 4.91. The highest BCUT2D eigenvalue weighted by Gasteiger charge is 2.24. The van der Waals surface area contributed by atoms with E-state index in [1.807, 2.05) is 26.0 Å². The zero-order chi connectivity index (χ0) is 16.9. The minimum absolute atomic E-state index is 0.243. The number of nitrogens with one attached hydrogen (secondary N) is 2. The standard InChI is InChI=1S/C15H24N4O3S/c1-3-15(2,16)13-5-4-11(22-13)10-23-9-8-18-14-12(19(20)21)6-7-17-14/h4-5,17-18H,3,6-10,16H2,1-2H3. The highest BCUT2D eigenvalue weighted by molar-refractivity contribution is 7.98. The van der Waals surface area contributed by atoms with Crippen molar-refractivity contribution in [2.24, 2.45) is 5.73 Å². The van der Waals surface area contributed by atoms with Crippen LogP contribution in [0, 0.1) is 10.1 Å². The summed E-state index contributed by atoms with van der Waals surface area (Å²) < 4.78 is 5.79. The Hall–Kier alpha value is -1.67. The second-order valence-electron chi connectivity index (χ2n) is 5.77. The Labute approximate surface area is 140 Å². The number of furan rings is 1. The summed E-state index contributed by atoms with van der Waals surface area (Å²) in [5.74, 6) is 3.86. The fourth-order valence-corrected chi connectivity index (χ4v) is 2.98. The lowest BCUT2D eigenvalue weighted by Gasteiger charge is -2.19. The molecule has 2 heterocycles. The van der Waals surface area contributed by atoms with Crippen LogP contribution in [0.2, 0.25) is 0 Å². The second kappa shape index (κ2) is 7.74. The van der Waals surface area contributed by atoms with Gasteiger partial charge in [-0.25, -0.2) is 0 Å². The van der Waals surface area contributed by atoms with Gasteiger partial charge in [-0.1, -0.05) is 6.92 Å². The van der Waals surface area contributed by atoms with Gasteiger partial charge in [-0.15, -0.1) is 0 Å². The van der Waals surface area contributed by atoms with Crippen LogP contribution in [0.3, 0.4) is 0 Å². The van der Waals surface area contributed by atoms with Crippen molar-refractivity contribution in [3.63, 3.8) is 0 Å². The number of nitro groups is 1. The molecule has 0 saturated heterocycles. The van der Waals surface area contributed by atoms with E-state index >= 15 is 0 Å². The average Bonchev–Trinajstić information content (AvgIpc) is 3.16. The monoisotopic (exact) mass is 340 g/mol. The van der Waals surface area contributed by atoms with Crippen molar-refractivity contribution in [1.29, 1.82) is 0 Å². The van der Waals surface area contributed by atoms with E-state index in [0.717, 1.165) is 29.4 Å². The Kier molecular flexibility index (Phi) is 5.95. The van der Waals surface area contributed by atoms with Crippen LogP contribution in [0.4, 0.5) is 0 Å². The first-order valence-electron chi connectivity index (χ1n) is 7.75. The van der Waals surface area contributed by atoms with Gasteiger partial charge in [-0.05, 0) is 25.5 Å². The lowest BCUT2D eigenvalue weighted by atomic mass is 9.98. The van der Waals surface area contributed by atoms with Crippen molar-refractivity contribution in [1.82, 2.24) is 10.6 Å². The summed E-state index contributed by atoms with van der Waals surface area (Å²) in [5.41, 5.74) is 5.97. The number of hydrogen-bond acceptors (Lipinski definition) is 7. The van der Waals surface area contributed by atoms with E-state index in [-0.39, 0.29) is 10.6 Å². The number of nitrogens with two attached hydrogens (primary N) is 1. The lowest BCUT2D eigenvalue weighted by molar-refractivity contribution is -0.427. The maximum atomic E-state index is 10.8. The van der Waals surface area contributed by atoms with E-state index in [9.17, 15) is 10.1 Å². The lowest BCUT2D eigenvalue weighted by Crippen LogP contribution is -2.31. The minimum atomic E-state index is -0.427. The van der Waals surface area contributed by atoms with E-state index in [0.29, 0.717) is 25.3 Å². The fraction of sp³-hybridized carbons (Fsp3) is 0.600. The van der Waals surface area contributed by atoms with Crippen LogP contribution in [0.1, 0.15) is 38.2 Å². The van der Waals surface area contributed by atoms with E-state index in [1.54, 1.807) is 11.8 Å². The molecule has 1 aliphatic heterocycles. The molecule has 0 spiro atoms. The van der Waals surface area contributed by atoms with E-state index in [4.69, 9.17) is 10.2 Å². The van der Waals surface area contributed by atoms with Gasteiger partial charge in [0.1, 0.15) is 11.5 Å². The van der Waals surface area contributed by atoms with Gasteiger partial charge in [-0.2, -0.15) is 11.8 Å². The van der Waals surface area contributed by atoms with E-state index in [1.165, 1.54) is 0 Å². The highest BCUT2D eigenvalue weighted by atomic mass is 32.2. The molecule has 1 atom stereocenters. The third kappa shape index (κ3) is 4.65. The Balaban J connectivity index is 1.72. The Bertz CT molecular complexity index is 583. The van der Waals surface area contributed by atoms with Gasteiger partial charge in [-0.3, -0.25) is 10.1 Å². The maximum absolute atomic E-state index is 10.8. The van der Waals surface area contributed by atoms with Crippen molar-refractivity contribution in [2.75, 3.05) is 18.8 Å². The van der Waals surface area contributed by atoms with Gasteiger partial charge in [0.25, 0.3) is 5.70 Å². The molecular formula is C15H24N4O3S. The molecule has 128 valence electrons. The smallest absolute Gasteiger partial charge is 0.287 e. The molecule has 1 aromatic rings. The van der Waals surface area contributed by atoms with Crippen LogP contribution in [0.25, 0.3) is 0 Å². The van der Waals surface area contributed by atoms with Gasteiger partial charge < -0.3 is 20.8 Å². The fourth-order valence-electron chi connectivity index (χ4n) is 2.24. The Morgan fingerprint density at radius 2 is 2.35 bits per heavy atom. The summed E-state index contributed by atoms with van der Waals surface area (Å²) in [6.45, 7) is 5.28. The van der Waals surface area contributed by atoms with Gasteiger partial charge in [0.15, 0.2) is 5.82 Å². The van der Waals surface area contributed by atoms with Crippen molar-refractivity contribution < 1.29 is 9.34 Å². The van der Waals surface area contributed by atoms with Gasteiger partial charge in [0.05, 0.1) is 22.6 Å². The van der Waals surface area contributed by atoms with Gasteiger partial charge in [0.2, 0.25) is 0 Å². The number of hydrogen-bond donors (Lipinski definition) is 3. The van der Waals surface area contributed by atoms with Crippen LogP contribution >= 0.6 is 11.8 Å². The summed E-state index contributed by atoms with van der Waals surface area (Å²) in [6.07, 6.45) is 1.28. The first-order chi connectivity index (χ1) is 10.9. The summed E-state index contributed by atoms with van der Waals surface area (Å²) >= 11 is 1.71. The predicted molar refractivity (Wildman–Crippen MR) is 91.3 cm³/mol. The Morgan fingerprint density at radius 3 is 3.04 bits per heavy atom. The molecule has 0 saturated carbocycles. The molecule has 0 bridgehead atoms. The molecule has 1 aliphatic rings. The molecular weight excluding hydrogens is 316 g/mol. The molecule has 0 amide bonds. The Morgan fingerprint density at radius 1 is 1.57 bits per heavy atom. The quantitative estimate of drug-likeness (QED) is 0.359. The molecule has 23 heavy (non-hydrogen) atoms. The van der Waals surface area contributed by atoms with Gasteiger partial charge in [0, 0.05) is 18.8 Å². The summed E-state index contributed by atoms with van der Waals surface area (Å²) in [5, 5.41) is 16.9. The molecule has 4 N–H and O–H groups in total. The van der Waals surface area contributed by atoms with Crippen LogP contribution in [0.5, 0.6) is 0 Å². The third-order valence-electron chi connectivity index (χ3n) is 3.92. The largest absolute Gasteiger partial charge is 0.463 e. The molecule has 0 fully saturated rings. The molecule has 0 radical (unpaired) electrons. The predicted octanol–water partition coefficient (Wildman–Crippen LogP) is 2.13. The SMILES string of the molecule is CCC(C)(N)c1ccc(CSCCNC2=C([N+](=O)[O-])CCN2)o1. The molecule has 2 rings (SSSR count). The molecule has 0 aromatic carbocycles. The van der Waals surface area contributed by atoms with E-state index in [2.05, 4.69) is 10.6 Å². The second-order valence-corrected chi connectivity index (χ2v) is 6.88. The van der Waals surface area contributed by atoms with E-state index < -0.39 is 5.54 Å². The summed E-state index contributed by atoms with van der Waals surface area (Å²) in [7, 11) is 0. The summed E-state index contributed by atoms with van der Waals surface area (Å²) in [6, 6.07) is 3.90. The minimum Gasteiger partial charge on any atom is -0.463 e. The van der Waals surface area contributed by atoms with Crippen LogP contribution in [0.15, 0.2) is 28.1 Å². The van der Waals surface area contributed by atoms with Crippen molar-refractivity contribution in [3.8, 4) is 0 Å². The van der Waals surface area contributed by atoms with Gasteiger partial charge >= 0.3 is 0 Å². The van der Waals surface area contributed by atoms with Crippen LogP contribution < -0.4 is 16.4 Å². The number of rotatable bonds is 9. The molecule has 1 aromatic heterocycles. The number of thioether (sulfide) groups is 1. The first-order valence-corrected chi connectivity index (χ1v) is 8.90. The normalized spacial score (nSPS) is 17.0.